The second-order valence-corrected chi connectivity index (χ2v) is 6.24. The van der Waals surface area contributed by atoms with Crippen LogP contribution in [0.15, 0.2) is 16.9 Å². The molecule has 1 fully saturated rings. The zero-order valence-electron chi connectivity index (χ0n) is 12.2. The minimum absolute atomic E-state index is 0.0251. The molecule has 1 aromatic rings. The van der Waals surface area contributed by atoms with Crippen molar-refractivity contribution in [2.75, 3.05) is 6.54 Å². The Balaban J connectivity index is 1.74. The van der Waals surface area contributed by atoms with Crippen LogP contribution in [0.1, 0.15) is 49.4 Å². The third-order valence-electron chi connectivity index (χ3n) is 4.95. The highest BCUT2D eigenvalue weighted by atomic mass is 16.2. The van der Waals surface area contributed by atoms with Crippen LogP contribution in [0.4, 0.5) is 0 Å². The van der Waals surface area contributed by atoms with Gasteiger partial charge in [0.25, 0.3) is 0 Å². The van der Waals surface area contributed by atoms with Crippen molar-refractivity contribution >= 4 is 5.91 Å². The number of carbonyl (C=O) groups excluding carboxylic acids is 1. The molecule has 1 amide bonds. The van der Waals surface area contributed by atoms with Gasteiger partial charge < -0.3 is 16.0 Å². The molecule has 1 heterocycles. The molecule has 0 aromatic carbocycles. The smallest absolute Gasteiger partial charge is 0.248 e. The lowest BCUT2D eigenvalue weighted by Gasteiger charge is -2.28. The first-order chi connectivity index (χ1) is 10.2. The summed E-state index contributed by atoms with van der Waals surface area (Å²) in [6.07, 6.45) is 5.90. The first-order valence-corrected chi connectivity index (χ1v) is 7.91. The van der Waals surface area contributed by atoms with Gasteiger partial charge in [-0.05, 0) is 56.2 Å². The molecule has 1 unspecified atom stereocenters. The molecular weight excluding hydrogens is 266 g/mol. The van der Waals surface area contributed by atoms with E-state index in [4.69, 9.17) is 5.73 Å². The van der Waals surface area contributed by atoms with Crippen molar-refractivity contribution in [1.82, 2.24) is 10.3 Å². The van der Waals surface area contributed by atoms with E-state index < -0.39 is 0 Å². The number of hydrogen-bond donors (Lipinski definition) is 3. The minimum atomic E-state index is -0.0697. The Morgan fingerprint density at radius 1 is 1.29 bits per heavy atom. The Bertz CT molecular complexity index is 581. The summed E-state index contributed by atoms with van der Waals surface area (Å²) < 4.78 is 0. The van der Waals surface area contributed by atoms with E-state index in [1.807, 2.05) is 6.07 Å². The highest BCUT2D eigenvalue weighted by Crippen LogP contribution is 2.33. The first kappa shape index (κ1) is 14.3. The van der Waals surface area contributed by atoms with Crippen LogP contribution in [0, 0.1) is 11.8 Å². The summed E-state index contributed by atoms with van der Waals surface area (Å²) in [7, 11) is 0. The molecule has 3 rings (SSSR count). The molecule has 1 saturated carbocycles. The average molecular weight is 289 g/mol. The molecule has 4 N–H and O–H groups in total. The number of H-pyrrole nitrogens is 1. The number of carbonyl (C=O) groups is 1. The average Bonchev–Trinajstić information content (AvgIpc) is 2.95. The summed E-state index contributed by atoms with van der Waals surface area (Å²) in [5, 5.41) is 3.18. The van der Waals surface area contributed by atoms with Gasteiger partial charge in [-0.1, -0.05) is 6.42 Å². The minimum Gasteiger partial charge on any atom is -0.349 e. The van der Waals surface area contributed by atoms with Crippen LogP contribution in [-0.2, 0) is 11.2 Å². The number of nitrogens with one attached hydrogen (secondary N) is 2. The fraction of sp³-hybridized carbons (Fsp3) is 0.625. The van der Waals surface area contributed by atoms with Gasteiger partial charge in [-0.15, -0.1) is 0 Å². The van der Waals surface area contributed by atoms with Crippen molar-refractivity contribution in [3.05, 3.63) is 33.7 Å². The second-order valence-electron chi connectivity index (χ2n) is 6.24. The fourth-order valence-electron chi connectivity index (χ4n) is 3.79. The van der Waals surface area contributed by atoms with Gasteiger partial charge in [0, 0.05) is 17.7 Å². The summed E-state index contributed by atoms with van der Waals surface area (Å²) in [5.41, 5.74) is 7.74. The molecule has 5 heteroatoms. The predicted octanol–water partition coefficient (Wildman–Crippen LogP) is 1.24. The van der Waals surface area contributed by atoms with Crippen LogP contribution < -0.4 is 16.6 Å². The Kier molecular flexibility index (Phi) is 4.10. The molecule has 114 valence electrons. The van der Waals surface area contributed by atoms with Gasteiger partial charge in [-0.2, -0.15) is 0 Å². The topological polar surface area (TPSA) is 88.0 Å². The highest BCUT2D eigenvalue weighted by molar-refractivity contribution is 5.79. The largest absolute Gasteiger partial charge is 0.349 e. The Morgan fingerprint density at radius 2 is 2.14 bits per heavy atom. The van der Waals surface area contributed by atoms with Crippen LogP contribution in [0.5, 0.6) is 0 Å². The van der Waals surface area contributed by atoms with Crippen molar-refractivity contribution in [1.29, 1.82) is 0 Å². The number of aromatic nitrogens is 1. The van der Waals surface area contributed by atoms with Crippen LogP contribution in [-0.4, -0.2) is 17.4 Å². The fourth-order valence-corrected chi connectivity index (χ4v) is 3.79. The van der Waals surface area contributed by atoms with Crippen LogP contribution >= 0.6 is 0 Å². The van der Waals surface area contributed by atoms with Gasteiger partial charge in [0.15, 0.2) is 0 Å². The standard InChI is InChI=1S/C16H23N3O2/c17-9-10-3-1-4-11(10)16(21)19-14-6-2-5-13-12(14)7-8-15(20)18-13/h7-8,10-11,14H,1-6,9,17H2,(H,18,20)(H,19,21)/t10-,11-,14?/m1/s1. The Morgan fingerprint density at radius 3 is 2.95 bits per heavy atom. The van der Waals surface area contributed by atoms with E-state index in [-0.39, 0.29) is 23.4 Å². The van der Waals surface area contributed by atoms with Gasteiger partial charge >= 0.3 is 0 Å². The van der Waals surface area contributed by atoms with Crippen LogP contribution in [0.3, 0.4) is 0 Å². The van der Waals surface area contributed by atoms with Gasteiger partial charge in [0.2, 0.25) is 11.5 Å². The molecule has 0 radical (unpaired) electrons. The molecule has 1 aromatic heterocycles. The maximum atomic E-state index is 12.5. The SMILES string of the molecule is NC[C@H]1CCC[C@H]1C(=O)NC1CCCc2[nH]c(=O)ccc21. The zero-order chi connectivity index (χ0) is 14.8. The monoisotopic (exact) mass is 289 g/mol. The summed E-state index contributed by atoms with van der Waals surface area (Å²) in [4.78, 5) is 26.8. The van der Waals surface area contributed by atoms with Crippen molar-refractivity contribution in [2.24, 2.45) is 17.6 Å². The van der Waals surface area contributed by atoms with Gasteiger partial charge in [-0.3, -0.25) is 9.59 Å². The molecule has 5 nitrogen and oxygen atoms in total. The van der Waals surface area contributed by atoms with E-state index in [1.54, 1.807) is 6.07 Å². The lowest BCUT2D eigenvalue weighted by atomic mass is 9.89. The molecule has 2 aliphatic rings. The summed E-state index contributed by atoms with van der Waals surface area (Å²) in [6, 6.07) is 3.42. The number of aryl methyl sites for hydroxylation is 1. The van der Waals surface area contributed by atoms with E-state index >= 15 is 0 Å². The molecule has 0 saturated heterocycles. The summed E-state index contributed by atoms with van der Waals surface area (Å²) in [6.45, 7) is 0.590. The van der Waals surface area contributed by atoms with Gasteiger partial charge in [-0.25, -0.2) is 0 Å². The molecule has 21 heavy (non-hydrogen) atoms. The number of fused-ring (bicyclic) bond motifs is 1. The summed E-state index contributed by atoms with van der Waals surface area (Å²) >= 11 is 0. The van der Waals surface area contributed by atoms with Crippen LogP contribution in [0.25, 0.3) is 0 Å². The normalized spacial score (nSPS) is 28.1. The maximum Gasteiger partial charge on any atom is 0.248 e. The molecule has 2 aliphatic carbocycles. The number of aromatic amines is 1. The lowest BCUT2D eigenvalue weighted by Crippen LogP contribution is -2.38. The van der Waals surface area contributed by atoms with Crippen molar-refractivity contribution in [3.8, 4) is 0 Å². The molecule has 0 spiro atoms. The Labute approximate surface area is 124 Å². The highest BCUT2D eigenvalue weighted by Gasteiger charge is 2.33. The number of hydrogen-bond acceptors (Lipinski definition) is 3. The van der Waals surface area contributed by atoms with E-state index in [0.717, 1.165) is 49.8 Å². The number of amides is 1. The van der Waals surface area contributed by atoms with Crippen molar-refractivity contribution in [3.63, 3.8) is 0 Å². The van der Waals surface area contributed by atoms with E-state index in [2.05, 4.69) is 10.3 Å². The zero-order valence-corrected chi connectivity index (χ0v) is 12.2. The molecule has 0 bridgehead atoms. The number of nitrogens with two attached hydrogens (primary N) is 1. The third-order valence-corrected chi connectivity index (χ3v) is 4.95. The predicted molar refractivity (Wildman–Crippen MR) is 80.8 cm³/mol. The molecule has 3 atom stereocenters. The van der Waals surface area contributed by atoms with Crippen molar-refractivity contribution in [2.45, 2.75) is 44.6 Å². The molecular formula is C16H23N3O2. The van der Waals surface area contributed by atoms with Crippen molar-refractivity contribution < 1.29 is 4.79 Å². The van der Waals surface area contributed by atoms with Gasteiger partial charge in [0.05, 0.1) is 6.04 Å². The number of rotatable bonds is 3. The van der Waals surface area contributed by atoms with E-state index in [9.17, 15) is 9.59 Å². The Hall–Kier alpha value is -1.62. The second kappa shape index (κ2) is 6.02. The van der Waals surface area contributed by atoms with E-state index in [0.29, 0.717) is 12.5 Å². The van der Waals surface area contributed by atoms with E-state index in [1.165, 1.54) is 0 Å². The number of pyridine rings is 1. The summed E-state index contributed by atoms with van der Waals surface area (Å²) in [5.74, 6) is 0.513. The maximum absolute atomic E-state index is 12.5. The quantitative estimate of drug-likeness (QED) is 0.782. The third kappa shape index (κ3) is 2.88. The van der Waals surface area contributed by atoms with Crippen LogP contribution in [0.2, 0.25) is 0 Å². The first-order valence-electron chi connectivity index (χ1n) is 7.91. The lowest BCUT2D eigenvalue weighted by molar-refractivity contribution is -0.126. The molecule has 0 aliphatic heterocycles. The van der Waals surface area contributed by atoms with Gasteiger partial charge in [0.1, 0.15) is 0 Å².